The molecule has 216 valence electrons. The summed E-state index contributed by atoms with van der Waals surface area (Å²) in [6.07, 6.45) is 4.49. The monoisotopic (exact) mass is 578 g/mol. The number of anilines is 2. The minimum absolute atomic E-state index is 0.151. The highest BCUT2D eigenvalue weighted by molar-refractivity contribution is 6.36. The highest BCUT2D eigenvalue weighted by Gasteiger charge is 2.31. The number of fused-ring (bicyclic) bond motifs is 2. The van der Waals surface area contributed by atoms with Crippen LogP contribution in [0.15, 0.2) is 48.6 Å². The second kappa shape index (κ2) is 12.2. The van der Waals surface area contributed by atoms with Crippen molar-refractivity contribution in [2.75, 3.05) is 68.9 Å². The molecule has 1 aromatic heterocycles. The van der Waals surface area contributed by atoms with Crippen molar-refractivity contribution in [3.8, 4) is 6.01 Å². The van der Waals surface area contributed by atoms with Gasteiger partial charge in [0.2, 0.25) is 5.91 Å². The zero-order chi connectivity index (χ0) is 28.3. The van der Waals surface area contributed by atoms with Crippen LogP contribution in [0.3, 0.4) is 0 Å². The van der Waals surface area contributed by atoms with Crippen LogP contribution in [0, 0.1) is 0 Å². The van der Waals surface area contributed by atoms with E-state index >= 15 is 0 Å². The molecule has 0 bridgehead atoms. The average Bonchev–Trinajstić information content (AvgIpc) is 2.99. The standard InChI is InChI=1S/C31H36ClFN6O2/c1-2-36-14-11-23(36)21-41-31-34-26-20-39(27-9-4-7-22-6-3-8-25(32)29(22)27)15-12-24(26)30(35-31)38-18-16-37(17-19-38)28(40)10-5-13-33/h3-10,23H,2,11-21H2,1H3/b10-5+. The van der Waals surface area contributed by atoms with Crippen LogP contribution < -0.4 is 14.5 Å². The van der Waals surface area contributed by atoms with Crippen molar-refractivity contribution in [3.05, 3.63) is 64.8 Å². The van der Waals surface area contributed by atoms with Crippen LogP contribution in [-0.2, 0) is 17.8 Å². The van der Waals surface area contributed by atoms with Crippen LogP contribution in [0.1, 0.15) is 24.6 Å². The van der Waals surface area contributed by atoms with E-state index in [1.807, 2.05) is 12.1 Å². The maximum Gasteiger partial charge on any atom is 0.318 e. The summed E-state index contributed by atoms with van der Waals surface area (Å²) in [5.41, 5.74) is 3.20. The lowest BCUT2D eigenvalue weighted by atomic mass is 10.0. The number of carbonyl (C=O) groups is 1. The Hall–Kier alpha value is -3.43. The molecule has 0 saturated carbocycles. The van der Waals surface area contributed by atoms with Gasteiger partial charge < -0.3 is 19.4 Å². The Kier molecular flexibility index (Phi) is 8.25. The van der Waals surface area contributed by atoms with Gasteiger partial charge in [-0.1, -0.05) is 42.8 Å². The molecule has 41 heavy (non-hydrogen) atoms. The molecule has 10 heteroatoms. The van der Waals surface area contributed by atoms with Gasteiger partial charge in [0.05, 0.1) is 17.3 Å². The van der Waals surface area contributed by atoms with E-state index in [0.29, 0.717) is 51.4 Å². The minimum atomic E-state index is -0.638. The van der Waals surface area contributed by atoms with Gasteiger partial charge in [0, 0.05) is 68.0 Å². The Bertz CT molecular complexity index is 1440. The molecule has 2 saturated heterocycles. The fourth-order valence-electron chi connectivity index (χ4n) is 6.12. The van der Waals surface area contributed by atoms with E-state index in [-0.39, 0.29) is 5.91 Å². The molecule has 3 aromatic rings. The van der Waals surface area contributed by atoms with E-state index in [1.54, 1.807) is 4.90 Å². The number of hydrogen-bond acceptors (Lipinski definition) is 7. The Morgan fingerprint density at radius 3 is 2.61 bits per heavy atom. The Morgan fingerprint density at radius 2 is 1.88 bits per heavy atom. The Balaban J connectivity index is 1.28. The van der Waals surface area contributed by atoms with E-state index in [4.69, 9.17) is 26.3 Å². The lowest BCUT2D eigenvalue weighted by molar-refractivity contribution is -0.126. The van der Waals surface area contributed by atoms with E-state index in [1.165, 1.54) is 12.2 Å². The van der Waals surface area contributed by atoms with Gasteiger partial charge in [0.15, 0.2) is 0 Å². The van der Waals surface area contributed by atoms with Gasteiger partial charge in [-0.3, -0.25) is 9.69 Å². The van der Waals surface area contributed by atoms with E-state index < -0.39 is 6.67 Å². The highest BCUT2D eigenvalue weighted by atomic mass is 35.5. The molecule has 0 N–H and O–H groups in total. The molecule has 0 spiro atoms. The van der Waals surface area contributed by atoms with Crippen molar-refractivity contribution in [3.63, 3.8) is 0 Å². The van der Waals surface area contributed by atoms with Crippen LogP contribution >= 0.6 is 11.6 Å². The average molecular weight is 579 g/mol. The first-order chi connectivity index (χ1) is 20.1. The Morgan fingerprint density at radius 1 is 1.07 bits per heavy atom. The summed E-state index contributed by atoms with van der Waals surface area (Å²) in [5.74, 6) is 0.745. The molecule has 4 heterocycles. The molecule has 3 aliphatic rings. The van der Waals surface area contributed by atoms with Crippen LogP contribution in [0.2, 0.25) is 5.02 Å². The molecule has 3 aliphatic heterocycles. The van der Waals surface area contributed by atoms with Crippen molar-refractivity contribution in [1.82, 2.24) is 19.8 Å². The normalized spacial score (nSPS) is 19.5. The number of ether oxygens (including phenoxy) is 1. The van der Waals surface area contributed by atoms with Crippen LogP contribution in [-0.4, -0.2) is 90.8 Å². The van der Waals surface area contributed by atoms with Crippen LogP contribution in [0.25, 0.3) is 10.8 Å². The van der Waals surface area contributed by atoms with Crippen molar-refractivity contribution < 1.29 is 13.9 Å². The summed E-state index contributed by atoms with van der Waals surface area (Å²) in [7, 11) is 0. The first-order valence-corrected chi connectivity index (χ1v) is 14.9. The fourth-order valence-corrected chi connectivity index (χ4v) is 6.40. The lowest BCUT2D eigenvalue weighted by Crippen LogP contribution is -2.50. The first kappa shape index (κ1) is 27.7. The number of likely N-dealkylation sites (tertiary alicyclic amines) is 1. The fraction of sp³-hybridized carbons (Fsp3) is 0.452. The van der Waals surface area contributed by atoms with E-state index in [0.717, 1.165) is 71.0 Å². The summed E-state index contributed by atoms with van der Waals surface area (Å²) in [6, 6.07) is 13.1. The number of alkyl halides is 1. The molecule has 6 rings (SSSR count). The van der Waals surface area contributed by atoms with E-state index in [9.17, 15) is 9.18 Å². The third kappa shape index (κ3) is 5.70. The van der Waals surface area contributed by atoms with Gasteiger partial charge in [-0.05, 0) is 43.0 Å². The summed E-state index contributed by atoms with van der Waals surface area (Å²) >= 11 is 6.68. The van der Waals surface area contributed by atoms with Gasteiger partial charge in [-0.15, -0.1) is 0 Å². The highest BCUT2D eigenvalue weighted by Crippen LogP contribution is 2.37. The zero-order valence-electron chi connectivity index (χ0n) is 23.4. The molecule has 1 atom stereocenters. The van der Waals surface area contributed by atoms with Crippen LogP contribution in [0.5, 0.6) is 6.01 Å². The SMILES string of the molecule is CCN1CCC1COc1nc2c(c(N3CCN(C(=O)/C=C/CF)CC3)n1)CCN(c1cccc3cccc(Cl)c13)C2. The number of likely N-dealkylation sites (N-methyl/N-ethyl adjacent to an activating group) is 1. The number of nitrogens with zero attached hydrogens (tertiary/aromatic N) is 6. The molecule has 8 nitrogen and oxygen atoms in total. The van der Waals surface area contributed by atoms with E-state index in [2.05, 4.69) is 45.9 Å². The number of halogens is 2. The number of carbonyl (C=O) groups excluding carboxylic acids is 1. The first-order valence-electron chi connectivity index (χ1n) is 14.5. The van der Waals surface area contributed by atoms with Crippen molar-refractivity contribution in [1.29, 1.82) is 0 Å². The van der Waals surface area contributed by atoms with Crippen molar-refractivity contribution in [2.24, 2.45) is 0 Å². The van der Waals surface area contributed by atoms with Gasteiger partial charge in [0.1, 0.15) is 19.1 Å². The topological polar surface area (TPSA) is 65.0 Å². The summed E-state index contributed by atoms with van der Waals surface area (Å²) in [4.78, 5) is 31.0. The number of hydrogen-bond donors (Lipinski definition) is 0. The second-order valence-electron chi connectivity index (χ2n) is 10.8. The quantitative estimate of drug-likeness (QED) is 0.365. The largest absolute Gasteiger partial charge is 0.462 e. The smallest absolute Gasteiger partial charge is 0.318 e. The van der Waals surface area contributed by atoms with Crippen LogP contribution in [0.4, 0.5) is 15.9 Å². The molecule has 2 fully saturated rings. The molecule has 2 aromatic carbocycles. The molecule has 0 radical (unpaired) electrons. The Labute approximate surface area is 245 Å². The van der Waals surface area contributed by atoms with Crippen molar-refractivity contribution in [2.45, 2.75) is 32.4 Å². The van der Waals surface area contributed by atoms with Gasteiger partial charge in [-0.25, -0.2) is 4.39 Å². The third-order valence-electron chi connectivity index (χ3n) is 8.51. The maximum atomic E-state index is 12.5. The number of amides is 1. The third-order valence-corrected chi connectivity index (χ3v) is 8.83. The lowest BCUT2D eigenvalue weighted by Gasteiger charge is -2.40. The molecule has 0 aliphatic carbocycles. The molecular formula is C31H36ClFN6O2. The molecule has 1 amide bonds. The molecule has 1 unspecified atom stereocenters. The van der Waals surface area contributed by atoms with Gasteiger partial charge in [0.25, 0.3) is 0 Å². The second-order valence-corrected chi connectivity index (χ2v) is 11.2. The molecular weight excluding hydrogens is 543 g/mol. The van der Waals surface area contributed by atoms with Crippen molar-refractivity contribution >= 4 is 39.8 Å². The summed E-state index contributed by atoms with van der Waals surface area (Å²) < 4.78 is 18.7. The summed E-state index contributed by atoms with van der Waals surface area (Å²) in [6.45, 7) is 8.06. The number of rotatable bonds is 8. The number of aromatic nitrogens is 2. The zero-order valence-corrected chi connectivity index (χ0v) is 24.2. The predicted octanol–water partition coefficient (Wildman–Crippen LogP) is 4.49. The minimum Gasteiger partial charge on any atom is -0.462 e. The number of piperazine rings is 1. The maximum absolute atomic E-state index is 12.5. The van der Waals surface area contributed by atoms with Gasteiger partial charge in [-0.2, -0.15) is 9.97 Å². The van der Waals surface area contributed by atoms with Gasteiger partial charge >= 0.3 is 6.01 Å². The predicted molar refractivity (Wildman–Crippen MR) is 161 cm³/mol. The number of benzene rings is 2. The number of allylic oxidation sites excluding steroid dienone is 1. The summed E-state index contributed by atoms with van der Waals surface area (Å²) in [5, 5.41) is 2.91.